The molecular formula is C15H21BrClNO. The normalized spacial score (nSPS) is 19.1. The molecule has 106 valence electrons. The van der Waals surface area contributed by atoms with E-state index in [9.17, 15) is 5.11 Å². The molecule has 1 aromatic rings. The molecule has 0 aromatic heterocycles. The number of benzene rings is 1. The predicted octanol–water partition coefficient (Wildman–Crippen LogP) is 4.28. The third-order valence-corrected chi connectivity index (χ3v) is 4.67. The van der Waals surface area contributed by atoms with E-state index in [0.717, 1.165) is 40.7 Å². The van der Waals surface area contributed by atoms with Gasteiger partial charge < -0.3 is 10.4 Å². The first-order valence-corrected chi connectivity index (χ1v) is 8.13. The summed E-state index contributed by atoms with van der Waals surface area (Å²) in [6.45, 7) is 1.34. The van der Waals surface area contributed by atoms with Crippen LogP contribution in [-0.2, 0) is 6.54 Å². The van der Waals surface area contributed by atoms with Crippen LogP contribution in [0.4, 0.5) is 0 Å². The van der Waals surface area contributed by atoms with Crippen molar-refractivity contribution in [2.24, 2.45) is 0 Å². The van der Waals surface area contributed by atoms with E-state index in [1.54, 1.807) is 0 Å². The molecular weight excluding hydrogens is 326 g/mol. The summed E-state index contributed by atoms with van der Waals surface area (Å²) in [5.74, 6) is 0. The zero-order valence-corrected chi connectivity index (χ0v) is 13.4. The summed E-state index contributed by atoms with van der Waals surface area (Å²) >= 11 is 9.61. The minimum Gasteiger partial charge on any atom is -0.389 e. The van der Waals surface area contributed by atoms with Gasteiger partial charge in [-0.2, -0.15) is 0 Å². The fourth-order valence-electron chi connectivity index (χ4n) is 2.67. The van der Waals surface area contributed by atoms with Gasteiger partial charge in [-0.1, -0.05) is 53.2 Å². The van der Waals surface area contributed by atoms with E-state index in [0.29, 0.717) is 13.1 Å². The van der Waals surface area contributed by atoms with Crippen LogP contribution in [0.1, 0.15) is 44.1 Å². The molecule has 4 heteroatoms. The molecule has 1 saturated carbocycles. The number of rotatable bonds is 4. The first kappa shape index (κ1) is 15.3. The average Bonchev–Trinajstić information content (AvgIpc) is 2.59. The van der Waals surface area contributed by atoms with Gasteiger partial charge in [0.15, 0.2) is 0 Å². The van der Waals surface area contributed by atoms with Gasteiger partial charge >= 0.3 is 0 Å². The van der Waals surface area contributed by atoms with Gasteiger partial charge in [-0.25, -0.2) is 0 Å². The second-order valence-electron chi connectivity index (χ2n) is 5.48. The Bertz CT molecular complexity index is 417. The molecule has 1 aliphatic rings. The lowest BCUT2D eigenvalue weighted by atomic mass is 9.94. The molecule has 1 fully saturated rings. The molecule has 0 amide bonds. The molecule has 2 nitrogen and oxygen atoms in total. The highest BCUT2D eigenvalue weighted by atomic mass is 79.9. The SMILES string of the molecule is OC1(CNCc2cc(Br)ccc2Cl)CCCCCC1. The van der Waals surface area contributed by atoms with Crippen molar-refractivity contribution in [3.05, 3.63) is 33.3 Å². The van der Waals surface area contributed by atoms with Crippen LogP contribution in [0.15, 0.2) is 22.7 Å². The van der Waals surface area contributed by atoms with E-state index >= 15 is 0 Å². The van der Waals surface area contributed by atoms with Crippen molar-refractivity contribution in [2.45, 2.75) is 50.7 Å². The molecule has 19 heavy (non-hydrogen) atoms. The molecule has 0 radical (unpaired) electrons. The van der Waals surface area contributed by atoms with Gasteiger partial charge in [-0.15, -0.1) is 0 Å². The summed E-state index contributed by atoms with van der Waals surface area (Å²) in [5.41, 5.74) is 0.530. The summed E-state index contributed by atoms with van der Waals surface area (Å²) < 4.78 is 1.03. The highest BCUT2D eigenvalue weighted by Crippen LogP contribution is 2.27. The van der Waals surface area contributed by atoms with Crippen LogP contribution < -0.4 is 5.32 Å². The Hall–Kier alpha value is -0.0900. The Morgan fingerprint density at radius 3 is 2.58 bits per heavy atom. The van der Waals surface area contributed by atoms with Gasteiger partial charge in [0.1, 0.15) is 0 Å². The van der Waals surface area contributed by atoms with Crippen LogP contribution in [0.2, 0.25) is 5.02 Å². The van der Waals surface area contributed by atoms with Gasteiger partial charge in [0, 0.05) is 22.6 Å². The topological polar surface area (TPSA) is 32.3 Å². The number of hydrogen-bond acceptors (Lipinski definition) is 2. The predicted molar refractivity (Wildman–Crippen MR) is 83.5 cm³/mol. The molecule has 0 saturated heterocycles. The molecule has 0 bridgehead atoms. The van der Waals surface area contributed by atoms with Gasteiger partial charge in [0.2, 0.25) is 0 Å². The smallest absolute Gasteiger partial charge is 0.0771 e. The average molecular weight is 347 g/mol. The number of aliphatic hydroxyl groups is 1. The first-order chi connectivity index (χ1) is 9.09. The standard InChI is InChI=1S/C15H21BrClNO/c16-13-5-6-14(17)12(9-13)10-18-11-15(19)7-3-1-2-4-8-15/h5-6,9,18-19H,1-4,7-8,10-11H2. The minimum absolute atomic E-state index is 0.533. The fourth-order valence-corrected chi connectivity index (χ4v) is 3.26. The van der Waals surface area contributed by atoms with E-state index in [1.165, 1.54) is 12.8 Å². The Kier molecular flexibility index (Phi) is 5.70. The van der Waals surface area contributed by atoms with Crippen molar-refractivity contribution < 1.29 is 5.11 Å². The van der Waals surface area contributed by atoms with Crippen LogP contribution in [0, 0.1) is 0 Å². The Labute approximate surface area is 128 Å². The van der Waals surface area contributed by atoms with E-state index in [4.69, 9.17) is 11.6 Å². The van der Waals surface area contributed by atoms with Crippen LogP contribution in [-0.4, -0.2) is 17.3 Å². The largest absolute Gasteiger partial charge is 0.389 e. The van der Waals surface area contributed by atoms with Crippen molar-refractivity contribution in [2.75, 3.05) is 6.54 Å². The van der Waals surface area contributed by atoms with Crippen LogP contribution in [0.25, 0.3) is 0 Å². The van der Waals surface area contributed by atoms with Crippen LogP contribution in [0.3, 0.4) is 0 Å². The number of halogens is 2. The van der Waals surface area contributed by atoms with Crippen molar-refractivity contribution >= 4 is 27.5 Å². The summed E-state index contributed by atoms with van der Waals surface area (Å²) in [6.07, 6.45) is 6.59. The second kappa shape index (κ2) is 7.07. The maximum atomic E-state index is 10.5. The van der Waals surface area contributed by atoms with Gasteiger partial charge in [-0.3, -0.25) is 0 Å². The highest BCUT2D eigenvalue weighted by Gasteiger charge is 2.27. The van der Waals surface area contributed by atoms with Crippen LogP contribution >= 0.6 is 27.5 Å². The molecule has 0 aliphatic heterocycles. The first-order valence-electron chi connectivity index (χ1n) is 6.96. The van der Waals surface area contributed by atoms with Crippen LogP contribution in [0.5, 0.6) is 0 Å². The Balaban J connectivity index is 1.86. The second-order valence-corrected chi connectivity index (χ2v) is 6.80. The van der Waals surface area contributed by atoms with Crippen molar-refractivity contribution in [1.29, 1.82) is 0 Å². The van der Waals surface area contributed by atoms with Crippen molar-refractivity contribution in [3.63, 3.8) is 0 Å². The Morgan fingerprint density at radius 1 is 1.21 bits per heavy atom. The molecule has 2 rings (SSSR count). The lowest BCUT2D eigenvalue weighted by molar-refractivity contribution is 0.0250. The minimum atomic E-state index is -0.533. The van der Waals surface area contributed by atoms with E-state index in [2.05, 4.69) is 21.2 Å². The van der Waals surface area contributed by atoms with Gasteiger partial charge in [-0.05, 0) is 36.6 Å². The van der Waals surface area contributed by atoms with E-state index < -0.39 is 5.60 Å². The number of nitrogens with one attached hydrogen (secondary N) is 1. The molecule has 0 atom stereocenters. The quantitative estimate of drug-likeness (QED) is 0.798. The molecule has 1 aromatic carbocycles. The zero-order valence-electron chi connectivity index (χ0n) is 11.1. The third kappa shape index (κ3) is 4.75. The van der Waals surface area contributed by atoms with E-state index in [-0.39, 0.29) is 0 Å². The molecule has 1 aliphatic carbocycles. The summed E-state index contributed by atoms with van der Waals surface area (Å²) in [7, 11) is 0. The Morgan fingerprint density at radius 2 is 1.89 bits per heavy atom. The molecule has 0 spiro atoms. The zero-order chi connectivity index (χ0) is 13.7. The lowest BCUT2D eigenvalue weighted by Gasteiger charge is -2.27. The molecule has 2 N–H and O–H groups in total. The third-order valence-electron chi connectivity index (χ3n) is 3.81. The lowest BCUT2D eigenvalue weighted by Crippen LogP contribution is -2.39. The van der Waals surface area contributed by atoms with Gasteiger partial charge in [0.05, 0.1) is 5.60 Å². The number of hydrogen-bond donors (Lipinski definition) is 2. The highest BCUT2D eigenvalue weighted by molar-refractivity contribution is 9.10. The van der Waals surface area contributed by atoms with Gasteiger partial charge in [0.25, 0.3) is 0 Å². The van der Waals surface area contributed by atoms with Crippen molar-refractivity contribution in [1.82, 2.24) is 5.32 Å². The summed E-state index contributed by atoms with van der Waals surface area (Å²) in [5, 5.41) is 14.7. The summed E-state index contributed by atoms with van der Waals surface area (Å²) in [6, 6.07) is 5.85. The summed E-state index contributed by atoms with van der Waals surface area (Å²) in [4.78, 5) is 0. The fraction of sp³-hybridized carbons (Fsp3) is 0.600. The maximum Gasteiger partial charge on any atom is 0.0771 e. The molecule has 0 unspecified atom stereocenters. The maximum absolute atomic E-state index is 10.5. The molecule has 0 heterocycles. The van der Waals surface area contributed by atoms with Crippen molar-refractivity contribution in [3.8, 4) is 0 Å². The van der Waals surface area contributed by atoms with E-state index in [1.807, 2.05) is 18.2 Å². The monoisotopic (exact) mass is 345 g/mol.